The van der Waals surface area contributed by atoms with Crippen molar-refractivity contribution in [1.29, 1.82) is 0 Å². The Morgan fingerprint density at radius 1 is 1.21 bits per heavy atom. The molecule has 0 amide bonds. The van der Waals surface area contributed by atoms with Crippen LogP contribution >= 0.6 is 12.2 Å². The molecule has 0 aliphatic rings. The van der Waals surface area contributed by atoms with Gasteiger partial charge in [0, 0.05) is 6.42 Å². The van der Waals surface area contributed by atoms with Crippen LogP contribution in [0, 0.1) is 10.6 Å². The van der Waals surface area contributed by atoms with Crippen molar-refractivity contribution >= 4 is 12.2 Å². The zero-order chi connectivity index (χ0) is 9.97. The summed E-state index contributed by atoms with van der Waals surface area (Å²) in [7, 11) is 0. The quantitative estimate of drug-likeness (QED) is 0.745. The van der Waals surface area contributed by atoms with E-state index in [0.29, 0.717) is 11.2 Å². The minimum absolute atomic E-state index is 0.233. The van der Waals surface area contributed by atoms with Crippen LogP contribution in [0.25, 0.3) is 0 Å². The number of hydrogen-bond donors (Lipinski definition) is 2. The molecule has 0 saturated carbocycles. The van der Waals surface area contributed by atoms with Crippen molar-refractivity contribution in [3.63, 3.8) is 0 Å². The first-order chi connectivity index (χ1) is 6.74. The highest BCUT2D eigenvalue weighted by molar-refractivity contribution is 7.71. The zero-order valence-electron chi connectivity index (χ0n) is 7.25. The molecule has 2 rings (SSSR count). The molecule has 14 heavy (non-hydrogen) atoms. The van der Waals surface area contributed by atoms with Gasteiger partial charge < -0.3 is 0 Å². The summed E-state index contributed by atoms with van der Waals surface area (Å²) in [5.74, 6) is 0.519. The normalized spacial score (nSPS) is 10.4. The maximum Gasteiger partial charge on any atom is 0.213 e. The van der Waals surface area contributed by atoms with E-state index >= 15 is 0 Å². The van der Waals surface area contributed by atoms with Crippen molar-refractivity contribution in [3.05, 3.63) is 46.2 Å². The first-order valence-corrected chi connectivity index (χ1v) is 4.53. The molecule has 0 aliphatic heterocycles. The summed E-state index contributed by atoms with van der Waals surface area (Å²) >= 11 is 4.81. The molecule has 0 unspecified atom stereocenters. The first-order valence-electron chi connectivity index (χ1n) is 4.12. The van der Waals surface area contributed by atoms with E-state index in [1.165, 1.54) is 12.1 Å². The van der Waals surface area contributed by atoms with Gasteiger partial charge in [-0.1, -0.05) is 12.1 Å². The van der Waals surface area contributed by atoms with Gasteiger partial charge in [-0.3, -0.25) is 10.2 Å². The van der Waals surface area contributed by atoms with Crippen LogP contribution in [0.4, 0.5) is 4.39 Å². The number of hydrogen-bond acceptors (Lipinski definition) is 2. The highest BCUT2D eigenvalue weighted by Crippen LogP contribution is 2.06. The minimum atomic E-state index is -0.233. The Labute approximate surface area is 85.0 Å². The molecule has 0 aliphatic carbocycles. The summed E-state index contributed by atoms with van der Waals surface area (Å²) in [5.41, 5.74) is 0.990. The van der Waals surface area contributed by atoms with Crippen molar-refractivity contribution in [2.75, 3.05) is 0 Å². The van der Waals surface area contributed by atoms with Gasteiger partial charge in [-0.05, 0) is 29.9 Å². The molecule has 2 aromatic rings. The monoisotopic (exact) mass is 209 g/mol. The molecule has 72 valence electrons. The Hall–Kier alpha value is -1.49. The third-order valence-electron chi connectivity index (χ3n) is 1.84. The van der Waals surface area contributed by atoms with Gasteiger partial charge in [-0.15, -0.1) is 0 Å². The first kappa shape index (κ1) is 9.08. The Balaban J connectivity index is 2.19. The van der Waals surface area contributed by atoms with E-state index in [4.69, 9.17) is 12.2 Å². The van der Waals surface area contributed by atoms with Crippen molar-refractivity contribution in [1.82, 2.24) is 15.2 Å². The standard InChI is InChI=1S/C9H8FN3S/c10-7-3-1-6(2-4-7)5-8-11-9(14)13-12-8/h1-4H,5H2,(H2,11,12,13,14). The van der Waals surface area contributed by atoms with Gasteiger partial charge in [0.2, 0.25) is 4.77 Å². The average molecular weight is 209 g/mol. The smallest absolute Gasteiger partial charge is 0.213 e. The Morgan fingerprint density at radius 2 is 1.93 bits per heavy atom. The van der Waals surface area contributed by atoms with Crippen LogP contribution in [0.15, 0.2) is 24.3 Å². The van der Waals surface area contributed by atoms with Crippen LogP contribution in [0.2, 0.25) is 0 Å². The van der Waals surface area contributed by atoms with Crippen LogP contribution in [0.1, 0.15) is 11.4 Å². The van der Waals surface area contributed by atoms with E-state index in [2.05, 4.69) is 15.2 Å². The number of aromatic amines is 2. The van der Waals surface area contributed by atoms with Gasteiger partial charge in [0.15, 0.2) is 0 Å². The molecule has 0 atom stereocenters. The summed E-state index contributed by atoms with van der Waals surface area (Å²) in [6.45, 7) is 0. The predicted molar refractivity (Wildman–Crippen MR) is 53.0 cm³/mol. The largest absolute Gasteiger partial charge is 0.285 e. The summed E-state index contributed by atoms with van der Waals surface area (Å²) in [6, 6.07) is 6.30. The predicted octanol–water partition coefficient (Wildman–Crippen LogP) is 2.20. The fraction of sp³-hybridized carbons (Fsp3) is 0.111. The zero-order valence-corrected chi connectivity index (χ0v) is 8.07. The SMILES string of the molecule is Fc1ccc(Cc2nc(=S)[nH][nH]2)cc1. The lowest BCUT2D eigenvalue weighted by Crippen LogP contribution is -1.90. The fourth-order valence-corrected chi connectivity index (χ4v) is 1.34. The summed E-state index contributed by atoms with van der Waals surface area (Å²) in [6.07, 6.45) is 0.618. The highest BCUT2D eigenvalue weighted by Gasteiger charge is 1.99. The number of H-pyrrole nitrogens is 2. The van der Waals surface area contributed by atoms with Gasteiger partial charge in [-0.25, -0.2) is 9.37 Å². The third kappa shape index (κ3) is 2.05. The van der Waals surface area contributed by atoms with Crippen molar-refractivity contribution in [2.24, 2.45) is 0 Å². The number of nitrogens with zero attached hydrogens (tertiary/aromatic N) is 1. The Bertz CT molecular complexity index is 471. The average Bonchev–Trinajstić information content (AvgIpc) is 2.56. The Morgan fingerprint density at radius 3 is 2.50 bits per heavy atom. The van der Waals surface area contributed by atoms with E-state index in [-0.39, 0.29) is 5.82 Å². The molecule has 0 bridgehead atoms. The second-order valence-electron chi connectivity index (χ2n) is 2.92. The van der Waals surface area contributed by atoms with Gasteiger partial charge in [-0.2, -0.15) is 0 Å². The summed E-state index contributed by atoms with van der Waals surface area (Å²) < 4.78 is 13.0. The van der Waals surface area contributed by atoms with Gasteiger partial charge in [0.1, 0.15) is 11.6 Å². The van der Waals surface area contributed by atoms with E-state index < -0.39 is 0 Å². The minimum Gasteiger partial charge on any atom is -0.285 e. The lowest BCUT2D eigenvalue weighted by molar-refractivity contribution is 0.627. The van der Waals surface area contributed by atoms with Crippen molar-refractivity contribution in [2.45, 2.75) is 6.42 Å². The highest BCUT2D eigenvalue weighted by atomic mass is 32.1. The number of aromatic nitrogens is 3. The van der Waals surface area contributed by atoms with Gasteiger partial charge in [0.05, 0.1) is 0 Å². The number of nitrogens with one attached hydrogen (secondary N) is 2. The van der Waals surface area contributed by atoms with Crippen molar-refractivity contribution in [3.8, 4) is 0 Å². The maximum absolute atomic E-state index is 12.6. The molecule has 0 fully saturated rings. The molecular formula is C9H8FN3S. The fourth-order valence-electron chi connectivity index (χ4n) is 1.18. The van der Waals surface area contributed by atoms with Crippen LogP contribution in [0.5, 0.6) is 0 Å². The molecule has 0 spiro atoms. The molecule has 1 aromatic heterocycles. The molecule has 3 nitrogen and oxygen atoms in total. The Kier molecular flexibility index (Phi) is 2.41. The summed E-state index contributed by atoms with van der Waals surface area (Å²) in [5, 5.41) is 5.54. The van der Waals surface area contributed by atoms with Crippen LogP contribution in [0.3, 0.4) is 0 Å². The number of halogens is 1. The third-order valence-corrected chi connectivity index (χ3v) is 2.03. The van der Waals surface area contributed by atoms with E-state index in [1.54, 1.807) is 12.1 Å². The second-order valence-corrected chi connectivity index (χ2v) is 3.30. The number of rotatable bonds is 2. The molecule has 2 N–H and O–H groups in total. The van der Waals surface area contributed by atoms with Crippen molar-refractivity contribution < 1.29 is 4.39 Å². The van der Waals surface area contributed by atoms with E-state index in [1.807, 2.05) is 0 Å². The summed E-state index contributed by atoms with van der Waals surface area (Å²) in [4.78, 5) is 4.04. The molecule has 1 heterocycles. The van der Waals surface area contributed by atoms with Crippen LogP contribution in [-0.4, -0.2) is 15.2 Å². The van der Waals surface area contributed by atoms with Gasteiger partial charge in [0.25, 0.3) is 0 Å². The second kappa shape index (κ2) is 3.71. The van der Waals surface area contributed by atoms with E-state index in [0.717, 1.165) is 11.4 Å². The van der Waals surface area contributed by atoms with E-state index in [9.17, 15) is 4.39 Å². The molecular weight excluding hydrogens is 201 g/mol. The van der Waals surface area contributed by atoms with Crippen LogP contribution < -0.4 is 0 Å². The molecule has 1 aromatic carbocycles. The lowest BCUT2D eigenvalue weighted by Gasteiger charge is -1.96. The lowest BCUT2D eigenvalue weighted by atomic mass is 10.1. The number of benzene rings is 1. The topological polar surface area (TPSA) is 44.5 Å². The van der Waals surface area contributed by atoms with Gasteiger partial charge >= 0.3 is 0 Å². The maximum atomic E-state index is 12.6. The van der Waals surface area contributed by atoms with Crippen LogP contribution in [-0.2, 0) is 6.42 Å². The molecule has 5 heteroatoms. The molecule has 0 saturated heterocycles. The molecule has 0 radical (unpaired) electrons.